The summed E-state index contributed by atoms with van der Waals surface area (Å²) in [5.74, 6) is 0.0892. The lowest BCUT2D eigenvalue weighted by atomic mass is 10.2. The Morgan fingerprint density at radius 3 is 2.69 bits per heavy atom. The third-order valence-corrected chi connectivity index (χ3v) is 1.83. The second kappa shape index (κ2) is 3.62. The molecule has 13 heavy (non-hydrogen) atoms. The monoisotopic (exact) mass is 199 g/mol. The van der Waals surface area contributed by atoms with Gasteiger partial charge in [-0.15, -0.1) is 0 Å². The maximum absolute atomic E-state index is 11.4. The summed E-state index contributed by atoms with van der Waals surface area (Å²) in [5, 5.41) is 0.299. The summed E-state index contributed by atoms with van der Waals surface area (Å²) in [4.78, 5) is 16.6. The maximum atomic E-state index is 11.4. The molecule has 0 saturated heterocycles. The quantitative estimate of drug-likeness (QED) is 0.735. The van der Waals surface area contributed by atoms with Crippen molar-refractivity contribution in [2.45, 2.75) is 0 Å². The number of nitrogens with zero attached hydrogens (tertiary/aromatic N) is 2. The van der Waals surface area contributed by atoms with Crippen LogP contribution in [0.4, 0.5) is 5.82 Å². The normalized spacial score (nSPS) is 9.77. The van der Waals surface area contributed by atoms with Crippen LogP contribution >= 0.6 is 11.6 Å². The lowest BCUT2D eigenvalue weighted by Crippen LogP contribution is -2.21. The van der Waals surface area contributed by atoms with Gasteiger partial charge in [0.1, 0.15) is 5.82 Å². The second-order valence-corrected chi connectivity index (χ2v) is 3.20. The Hall–Kier alpha value is -1.29. The van der Waals surface area contributed by atoms with E-state index in [1.807, 2.05) is 0 Å². The molecule has 0 fully saturated rings. The Labute approximate surface area is 81.3 Å². The zero-order chi connectivity index (χ0) is 10.0. The van der Waals surface area contributed by atoms with E-state index < -0.39 is 0 Å². The van der Waals surface area contributed by atoms with Gasteiger partial charge in [0.2, 0.25) is 0 Å². The second-order valence-electron chi connectivity index (χ2n) is 2.79. The molecule has 1 heterocycles. The highest BCUT2D eigenvalue weighted by molar-refractivity contribution is 6.33. The van der Waals surface area contributed by atoms with Crippen LogP contribution in [0.2, 0.25) is 5.02 Å². The third kappa shape index (κ3) is 2.09. The van der Waals surface area contributed by atoms with Crippen LogP contribution < -0.4 is 5.73 Å². The van der Waals surface area contributed by atoms with Crippen molar-refractivity contribution in [1.29, 1.82) is 0 Å². The van der Waals surface area contributed by atoms with Gasteiger partial charge in [0, 0.05) is 20.3 Å². The molecule has 70 valence electrons. The van der Waals surface area contributed by atoms with Gasteiger partial charge in [0.25, 0.3) is 5.91 Å². The van der Waals surface area contributed by atoms with Crippen molar-refractivity contribution in [3.05, 3.63) is 22.8 Å². The van der Waals surface area contributed by atoms with Gasteiger partial charge in [0.15, 0.2) is 0 Å². The van der Waals surface area contributed by atoms with Gasteiger partial charge in [-0.1, -0.05) is 11.6 Å². The molecule has 4 nitrogen and oxygen atoms in total. The molecule has 0 bridgehead atoms. The number of rotatable bonds is 1. The minimum atomic E-state index is -0.144. The van der Waals surface area contributed by atoms with Crippen molar-refractivity contribution in [2.24, 2.45) is 0 Å². The first-order chi connectivity index (χ1) is 6.02. The topological polar surface area (TPSA) is 59.2 Å². The van der Waals surface area contributed by atoms with Crippen LogP contribution in [-0.4, -0.2) is 29.9 Å². The molecule has 1 amide bonds. The van der Waals surface area contributed by atoms with Gasteiger partial charge < -0.3 is 10.6 Å². The molecule has 1 aromatic heterocycles. The number of amides is 1. The molecule has 0 aromatic carbocycles. The summed E-state index contributed by atoms with van der Waals surface area (Å²) in [7, 11) is 3.32. The molecular weight excluding hydrogens is 190 g/mol. The first-order valence-electron chi connectivity index (χ1n) is 3.65. The average Bonchev–Trinajstić information content (AvgIpc) is 2.08. The van der Waals surface area contributed by atoms with E-state index in [9.17, 15) is 4.79 Å². The van der Waals surface area contributed by atoms with E-state index in [-0.39, 0.29) is 11.7 Å². The number of carbonyl (C=O) groups is 1. The highest BCUT2D eigenvalue weighted by atomic mass is 35.5. The Morgan fingerprint density at radius 2 is 2.23 bits per heavy atom. The van der Waals surface area contributed by atoms with Crippen LogP contribution in [0, 0.1) is 0 Å². The van der Waals surface area contributed by atoms with Crippen LogP contribution in [0.3, 0.4) is 0 Å². The van der Waals surface area contributed by atoms with E-state index in [1.165, 1.54) is 17.2 Å². The molecular formula is C8H10ClN3O. The number of hydrogen-bond acceptors (Lipinski definition) is 3. The van der Waals surface area contributed by atoms with Crippen LogP contribution in [-0.2, 0) is 0 Å². The first-order valence-corrected chi connectivity index (χ1v) is 4.03. The Morgan fingerprint density at radius 1 is 1.62 bits per heavy atom. The van der Waals surface area contributed by atoms with Crippen LogP contribution in [0.5, 0.6) is 0 Å². The summed E-state index contributed by atoms with van der Waals surface area (Å²) < 4.78 is 0. The molecule has 1 rings (SSSR count). The number of nitrogens with two attached hydrogens (primary N) is 1. The summed E-state index contributed by atoms with van der Waals surface area (Å²) >= 11 is 5.70. The standard InChI is InChI=1S/C8H10ClN3O/c1-12(2)8(13)5-3-6(9)7(10)11-4-5/h3-4H,1-2H3,(H2,10,11). The van der Waals surface area contributed by atoms with Crippen molar-refractivity contribution < 1.29 is 4.79 Å². The molecule has 0 aliphatic carbocycles. The number of halogens is 1. The summed E-state index contributed by atoms with van der Waals surface area (Å²) in [6.45, 7) is 0. The van der Waals surface area contributed by atoms with Gasteiger partial charge in [-0.25, -0.2) is 4.98 Å². The van der Waals surface area contributed by atoms with E-state index in [2.05, 4.69) is 4.98 Å². The smallest absolute Gasteiger partial charge is 0.254 e. The van der Waals surface area contributed by atoms with Gasteiger partial charge in [0.05, 0.1) is 10.6 Å². The zero-order valence-corrected chi connectivity index (χ0v) is 8.17. The molecule has 5 heteroatoms. The van der Waals surface area contributed by atoms with Gasteiger partial charge in [-0.2, -0.15) is 0 Å². The number of anilines is 1. The predicted octanol–water partition coefficient (Wildman–Crippen LogP) is 1.02. The highest BCUT2D eigenvalue weighted by Gasteiger charge is 2.09. The first kappa shape index (κ1) is 9.80. The minimum Gasteiger partial charge on any atom is -0.382 e. The molecule has 0 atom stereocenters. The molecule has 0 aliphatic heterocycles. The number of nitrogen functional groups attached to an aromatic ring is 1. The van der Waals surface area contributed by atoms with Crippen molar-refractivity contribution in [3.63, 3.8) is 0 Å². The Bertz CT molecular complexity index is 338. The average molecular weight is 200 g/mol. The van der Waals surface area contributed by atoms with E-state index >= 15 is 0 Å². The predicted molar refractivity (Wildman–Crippen MR) is 51.7 cm³/mol. The van der Waals surface area contributed by atoms with Crippen LogP contribution in [0.15, 0.2) is 12.3 Å². The van der Waals surface area contributed by atoms with Crippen molar-refractivity contribution >= 4 is 23.3 Å². The van der Waals surface area contributed by atoms with Gasteiger partial charge in [-0.05, 0) is 6.07 Å². The third-order valence-electron chi connectivity index (χ3n) is 1.52. The van der Waals surface area contributed by atoms with Crippen LogP contribution in [0.1, 0.15) is 10.4 Å². The largest absolute Gasteiger partial charge is 0.382 e. The highest BCUT2D eigenvalue weighted by Crippen LogP contribution is 2.17. The van der Waals surface area contributed by atoms with Crippen molar-refractivity contribution in [1.82, 2.24) is 9.88 Å². The van der Waals surface area contributed by atoms with E-state index in [4.69, 9.17) is 17.3 Å². The van der Waals surface area contributed by atoms with E-state index in [1.54, 1.807) is 14.1 Å². The molecule has 0 saturated carbocycles. The molecule has 0 aliphatic rings. The fraction of sp³-hybridized carbons (Fsp3) is 0.250. The fourth-order valence-corrected chi connectivity index (χ4v) is 0.990. The molecule has 0 spiro atoms. The van der Waals surface area contributed by atoms with Crippen molar-refractivity contribution in [2.75, 3.05) is 19.8 Å². The lowest BCUT2D eigenvalue weighted by molar-refractivity contribution is 0.0827. The van der Waals surface area contributed by atoms with Crippen molar-refractivity contribution in [3.8, 4) is 0 Å². The zero-order valence-electron chi connectivity index (χ0n) is 7.41. The molecule has 1 aromatic rings. The van der Waals surface area contributed by atoms with E-state index in [0.29, 0.717) is 10.6 Å². The summed E-state index contributed by atoms with van der Waals surface area (Å²) in [5.41, 5.74) is 5.83. The number of aromatic nitrogens is 1. The van der Waals surface area contributed by atoms with Crippen LogP contribution in [0.25, 0.3) is 0 Å². The number of hydrogen-bond donors (Lipinski definition) is 1. The molecule has 0 radical (unpaired) electrons. The molecule has 0 unspecified atom stereocenters. The maximum Gasteiger partial charge on any atom is 0.254 e. The molecule has 2 N–H and O–H groups in total. The number of carbonyl (C=O) groups excluding carboxylic acids is 1. The summed E-state index contributed by atoms with van der Waals surface area (Å²) in [6.07, 6.45) is 1.41. The van der Waals surface area contributed by atoms with Gasteiger partial charge >= 0.3 is 0 Å². The number of pyridine rings is 1. The minimum absolute atomic E-state index is 0.144. The van der Waals surface area contributed by atoms with E-state index in [0.717, 1.165) is 0 Å². The SMILES string of the molecule is CN(C)C(=O)c1cnc(N)c(Cl)c1. The Kier molecular flexibility index (Phi) is 2.72. The summed E-state index contributed by atoms with van der Waals surface area (Å²) in [6, 6.07) is 1.51. The fourth-order valence-electron chi connectivity index (χ4n) is 0.824. The van der Waals surface area contributed by atoms with Gasteiger partial charge in [-0.3, -0.25) is 4.79 Å². The Balaban J connectivity index is 3.04. The lowest BCUT2D eigenvalue weighted by Gasteiger charge is -2.09.